The molecule has 1 aromatic rings. The predicted octanol–water partition coefficient (Wildman–Crippen LogP) is 2.73. The van der Waals surface area contributed by atoms with Crippen LogP contribution in [-0.4, -0.2) is 67.5 Å². The van der Waals surface area contributed by atoms with E-state index in [9.17, 15) is 9.90 Å². The van der Waals surface area contributed by atoms with Gasteiger partial charge in [0.1, 0.15) is 5.75 Å². The molecule has 6 rings (SSSR count). The molecule has 5 fully saturated rings. The lowest BCUT2D eigenvalue weighted by Gasteiger charge is -2.57. The van der Waals surface area contributed by atoms with Crippen molar-refractivity contribution < 1.29 is 19.4 Å². The quantitative estimate of drug-likeness (QED) is 0.648. The third-order valence-corrected chi connectivity index (χ3v) is 8.27. The van der Waals surface area contributed by atoms with Crippen LogP contribution in [0.5, 0.6) is 5.75 Å². The molecule has 6 nitrogen and oxygen atoms in total. The SMILES string of the molecule is CC(Oc1ccc(C23CC4CC(CC(C4)C2)C3)cc1)C(=O)NCC(O)CN1CCOCC1. The number of nitrogens with zero attached hydrogens (tertiary/aromatic N) is 1. The van der Waals surface area contributed by atoms with Crippen molar-refractivity contribution in [3.63, 3.8) is 0 Å². The van der Waals surface area contributed by atoms with E-state index >= 15 is 0 Å². The van der Waals surface area contributed by atoms with E-state index in [1.165, 1.54) is 44.1 Å². The Balaban J connectivity index is 1.11. The van der Waals surface area contributed by atoms with Crippen LogP contribution in [0.2, 0.25) is 0 Å². The van der Waals surface area contributed by atoms with E-state index in [1.807, 2.05) is 12.1 Å². The molecule has 1 heterocycles. The van der Waals surface area contributed by atoms with Crippen molar-refractivity contribution in [3.05, 3.63) is 29.8 Å². The summed E-state index contributed by atoms with van der Waals surface area (Å²) in [6, 6.07) is 8.54. The first-order valence-corrected chi connectivity index (χ1v) is 12.5. The van der Waals surface area contributed by atoms with Gasteiger partial charge < -0.3 is 19.9 Å². The number of hydrogen-bond donors (Lipinski definition) is 2. The van der Waals surface area contributed by atoms with Gasteiger partial charge in [0.2, 0.25) is 0 Å². The Morgan fingerprint density at radius 1 is 1.12 bits per heavy atom. The van der Waals surface area contributed by atoms with Gasteiger partial charge in [-0.2, -0.15) is 0 Å². The van der Waals surface area contributed by atoms with Crippen molar-refractivity contribution in [2.75, 3.05) is 39.4 Å². The molecular formula is C26H38N2O4. The molecule has 0 aromatic heterocycles. The zero-order valence-electron chi connectivity index (χ0n) is 19.3. The topological polar surface area (TPSA) is 71.0 Å². The number of ether oxygens (including phenoxy) is 2. The zero-order chi connectivity index (χ0) is 22.1. The molecule has 0 spiro atoms. The molecule has 1 amide bonds. The van der Waals surface area contributed by atoms with Gasteiger partial charge in [0, 0.05) is 26.2 Å². The fourth-order valence-electron chi connectivity index (χ4n) is 7.12. The Morgan fingerprint density at radius 2 is 1.72 bits per heavy atom. The Morgan fingerprint density at radius 3 is 2.31 bits per heavy atom. The highest BCUT2D eigenvalue weighted by molar-refractivity contribution is 5.80. The Labute approximate surface area is 191 Å². The van der Waals surface area contributed by atoms with Crippen molar-refractivity contribution in [2.24, 2.45) is 17.8 Å². The molecule has 4 saturated carbocycles. The van der Waals surface area contributed by atoms with E-state index < -0.39 is 12.2 Å². The van der Waals surface area contributed by atoms with Crippen molar-refractivity contribution in [1.29, 1.82) is 0 Å². The van der Waals surface area contributed by atoms with Gasteiger partial charge >= 0.3 is 0 Å². The molecule has 1 aromatic carbocycles. The number of amides is 1. The normalized spacial score (nSPS) is 33.6. The van der Waals surface area contributed by atoms with Crippen molar-refractivity contribution in [2.45, 2.75) is 63.1 Å². The summed E-state index contributed by atoms with van der Waals surface area (Å²) < 4.78 is 11.2. The first-order valence-electron chi connectivity index (χ1n) is 12.5. The fraction of sp³-hybridized carbons (Fsp3) is 0.731. The Bertz CT molecular complexity index is 754. The maximum atomic E-state index is 12.5. The van der Waals surface area contributed by atoms with Crippen molar-refractivity contribution in [3.8, 4) is 5.75 Å². The number of aliphatic hydroxyl groups is 1. The van der Waals surface area contributed by atoms with Crippen LogP contribution in [0.3, 0.4) is 0 Å². The summed E-state index contributed by atoms with van der Waals surface area (Å²) in [6.45, 7) is 5.58. The van der Waals surface area contributed by atoms with E-state index in [0.717, 1.165) is 36.6 Å². The first kappa shape index (κ1) is 22.2. The number of benzene rings is 1. The molecule has 176 valence electrons. The molecule has 4 bridgehead atoms. The highest BCUT2D eigenvalue weighted by Gasteiger charge is 2.51. The van der Waals surface area contributed by atoms with Crippen LogP contribution in [0.15, 0.2) is 24.3 Å². The highest BCUT2D eigenvalue weighted by atomic mass is 16.5. The number of carbonyl (C=O) groups excluding carboxylic acids is 1. The minimum absolute atomic E-state index is 0.198. The fourth-order valence-corrected chi connectivity index (χ4v) is 7.12. The summed E-state index contributed by atoms with van der Waals surface area (Å²) in [5.74, 6) is 3.32. The van der Waals surface area contributed by atoms with Gasteiger partial charge in [0.25, 0.3) is 5.91 Å². The van der Waals surface area contributed by atoms with Crippen LogP contribution in [-0.2, 0) is 14.9 Å². The van der Waals surface area contributed by atoms with Gasteiger partial charge in [-0.15, -0.1) is 0 Å². The highest BCUT2D eigenvalue weighted by Crippen LogP contribution is 2.60. The molecule has 32 heavy (non-hydrogen) atoms. The first-order chi connectivity index (χ1) is 15.5. The maximum Gasteiger partial charge on any atom is 0.260 e. The zero-order valence-corrected chi connectivity index (χ0v) is 19.3. The lowest BCUT2D eigenvalue weighted by molar-refractivity contribution is -0.127. The molecule has 2 N–H and O–H groups in total. The average molecular weight is 443 g/mol. The van der Waals surface area contributed by atoms with E-state index in [1.54, 1.807) is 6.92 Å². The maximum absolute atomic E-state index is 12.5. The van der Waals surface area contributed by atoms with E-state index in [4.69, 9.17) is 9.47 Å². The molecule has 4 aliphatic carbocycles. The number of aliphatic hydroxyl groups excluding tert-OH is 1. The smallest absolute Gasteiger partial charge is 0.260 e. The lowest BCUT2D eigenvalue weighted by Crippen LogP contribution is -2.48. The molecular weight excluding hydrogens is 404 g/mol. The summed E-state index contributed by atoms with van der Waals surface area (Å²) >= 11 is 0. The summed E-state index contributed by atoms with van der Waals surface area (Å²) in [5, 5.41) is 13.1. The van der Waals surface area contributed by atoms with Gasteiger partial charge in [0.15, 0.2) is 6.10 Å². The van der Waals surface area contributed by atoms with Crippen molar-refractivity contribution >= 4 is 5.91 Å². The standard InChI is InChI=1S/C26H38N2O4/c1-18(25(30)27-16-23(29)17-28-6-8-31-9-7-28)32-24-4-2-22(3-5-24)26-13-19-10-20(14-26)12-21(11-19)15-26/h2-5,18-21,23,29H,6-17H2,1H3,(H,27,30). The van der Waals surface area contributed by atoms with Gasteiger partial charge in [-0.05, 0) is 86.3 Å². The van der Waals surface area contributed by atoms with Gasteiger partial charge in [-0.1, -0.05) is 12.1 Å². The van der Waals surface area contributed by atoms with Crippen LogP contribution in [0.1, 0.15) is 51.0 Å². The van der Waals surface area contributed by atoms with Gasteiger partial charge in [-0.3, -0.25) is 9.69 Å². The van der Waals surface area contributed by atoms with Crippen LogP contribution in [0.4, 0.5) is 0 Å². The third kappa shape index (κ3) is 4.82. The lowest BCUT2D eigenvalue weighted by atomic mass is 9.48. The second-order valence-corrected chi connectivity index (χ2v) is 10.8. The van der Waals surface area contributed by atoms with Crippen LogP contribution in [0.25, 0.3) is 0 Å². The number of hydrogen-bond acceptors (Lipinski definition) is 5. The van der Waals surface area contributed by atoms with E-state index in [-0.39, 0.29) is 12.5 Å². The predicted molar refractivity (Wildman–Crippen MR) is 123 cm³/mol. The molecule has 0 radical (unpaired) electrons. The van der Waals surface area contributed by atoms with Gasteiger partial charge in [-0.25, -0.2) is 0 Å². The minimum Gasteiger partial charge on any atom is -0.481 e. The van der Waals surface area contributed by atoms with Crippen LogP contribution < -0.4 is 10.1 Å². The molecule has 2 atom stereocenters. The summed E-state index contributed by atoms with van der Waals surface area (Å²) in [7, 11) is 0. The molecule has 1 saturated heterocycles. The second kappa shape index (κ2) is 9.32. The number of rotatable bonds is 8. The molecule has 5 aliphatic rings. The van der Waals surface area contributed by atoms with E-state index in [2.05, 4.69) is 22.3 Å². The summed E-state index contributed by atoms with van der Waals surface area (Å²) in [4.78, 5) is 14.6. The average Bonchev–Trinajstić information content (AvgIpc) is 2.77. The Hall–Kier alpha value is -1.63. The second-order valence-electron chi connectivity index (χ2n) is 10.8. The van der Waals surface area contributed by atoms with Crippen molar-refractivity contribution in [1.82, 2.24) is 10.2 Å². The number of carbonyl (C=O) groups is 1. The summed E-state index contributed by atoms with van der Waals surface area (Å²) in [5.41, 5.74) is 1.85. The molecule has 1 aliphatic heterocycles. The molecule has 2 unspecified atom stereocenters. The number of nitrogens with one attached hydrogen (secondary N) is 1. The minimum atomic E-state index is -0.601. The molecule has 6 heteroatoms. The van der Waals surface area contributed by atoms with E-state index in [0.29, 0.717) is 25.2 Å². The Kier molecular flexibility index (Phi) is 6.46. The third-order valence-electron chi connectivity index (χ3n) is 8.27. The monoisotopic (exact) mass is 442 g/mol. The van der Waals surface area contributed by atoms with Crippen LogP contribution in [0, 0.1) is 17.8 Å². The summed E-state index contributed by atoms with van der Waals surface area (Å²) in [6.07, 6.45) is 7.22. The largest absolute Gasteiger partial charge is 0.481 e. The van der Waals surface area contributed by atoms with Crippen LogP contribution >= 0.6 is 0 Å². The number of β-amino-alcohol motifs (C(OH)–C–C–N with tert-alkyl or cyclic N) is 1. The van der Waals surface area contributed by atoms with Gasteiger partial charge in [0.05, 0.1) is 19.3 Å². The number of morpholine rings is 1.